The minimum atomic E-state index is -0.560. The Bertz CT molecular complexity index is 1300. The van der Waals surface area contributed by atoms with Crippen LogP contribution in [0.25, 0.3) is 10.9 Å². The molecule has 5 rings (SSSR count). The number of benzene rings is 2. The van der Waals surface area contributed by atoms with E-state index in [1.54, 1.807) is 44.7 Å². The van der Waals surface area contributed by atoms with Gasteiger partial charge in [0.05, 0.1) is 25.4 Å². The van der Waals surface area contributed by atoms with Crippen LogP contribution in [0.5, 0.6) is 23.0 Å². The maximum atomic E-state index is 14.9. The summed E-state index contributed by atoms with van der Waals surface area (Å²) in [5.74, 6) is 2.96. The Balaban J connectivity index is 1.24. The zero-order valence-electron chi connectivity index (χ0n) is 20.2. The molecule has 0 saturated heterocycles. The molecule has 188 valence electrons. The number of rotatable bonds is 7. The number of nitrogens with zero attached hydrogens (tertiary/aromatic N) is 1. The number of carbonyl (C=O) groups excluding carboxylic acids is 1. The summed E-state index contributed by atoms with van der Waals surface area (Å²) in [5, 5.41) is 6.26. The lowest BCUT2D eigenvalue weighted by Crippen LogP contribution is -2.35. The summed E-state index contributed by atoms with van der Waals surface area (Å²) in [6, 6.07) is 9.62. The molecule has 2 aliphatic carbocycles. The summed E-state index contributed by atoms with van der Waals surface area (Å²) in [4.78, 5) is 16.8. The number of anilines is 1. The molecule has 1 heterocycles. The second-order valence-corrected chi connectivity index (χ2v) is 9.73. The highest BCUT2D eigenvalue weighted by atomic mass is 32.1. The van der Waals surface area contributed by atoms with Gasteiger partial charge in [-0.05, 0) is 79.9 Å². The minimum Gasteiger partial charge on any atom is -0.493 e. The maximum absolute atomic E-state index is 14.9. The van der Waals surface area contributed by atoms with Gasteiger partial charge in [0.25, 0.3) is 0 Å². The predicted molar refractivity (Wildman–Crippen MR) is 139 cm³/mol. The molecule has 2 saturated carbocycles. The van der Waals surface area contributed by atoms with Crippen molar-refractivity contribution >= 4 is 39.8 Å². The van der Waals surface area contributed by atoms with Gasteiger partial charge in [0.2, 0.25) is 5.91 Å². The molecule has 0 atom stereocenters. The maximum Gasteiger partial charge on any atom is 0.226 e. The van der Waals surface area contributed by atoms with E-state index in [0.29, 0.717) is 58.1 Å². The quantitative estimate of drug-likeness (QED) is 0.388. The smallest absolute Gasteiger partial charge is 0.226 e. The van der Waals surface area contributed by atoms with Crippen molar-refractivity contribution < 1.29 is 23.4 Å². The highest BCUT2D eigenvalue weighted by molar-refractivity contribution is 7.80. The summed E-state index contributed by atoms with van der Waals surface area (Å²) in [6.45, 7) is 0. The first-order valence-corrected chi connectivity index (χ1v) is 12.4. The molecule has 2 aliphatic rings. The van der Waals surface area contributed by atoms with E-state index in [2.05, 4.69) is 15.6 Å². The van der Waals surface area contributed by atoms with E-state index in [-0.39, 0.29) is 16.7 Å². The number of halogens is 1. The predicted octanol–water partition coefficient (Wildman–Crippen LogP) is 5.82. The Morgan fingerprint density at radius 2 is 1.72 bits per heavy atom. The number of aromatic nitrogens is 1. The number of carbonyl (C=O) groups is 1. The van der Waals surface area contributed by atoms with E-state index in [1.807, 2.05) is 0 Å². The summed E-state index contributed by atoms with van der Waals surface area (Å²) in [5.41, 5.74) is 0.801. The molecule has 0 unspecified atom stereocenters. The van der Waals surface area contributed by atoms with Crippen LogP contribution in [-0.2, 0) is 4.79 Å². The molecule has 0 radical (unpaired) electrons. The largest absolute Gasteiger partial charge is 0.493 e. The van der Waals surface area contributed by atoms with Crippen molar-refractivity contribution in [2.24, 2.45) is 17.8 Å². The van der Waals surface area contributed by atoms with Gasteiger partial charge in [-0.2, -0.15) is 0 Å². The normalized spacial score (nSPS) is 20.2. The third-order valence-corrected chi connectivity index (χ3v) is 7.53. The van der Waals surface area contributed by atoms with Crippen molar-refractivity contribution in [3.8, 4) is 23.0 Å². The standard InChI is InChI=1S/C27H28FN3O4S/c1-33-24-12-19-22(14-25(24)34-2)29-10-9-23(19)35-17-7-8-21(20(28)11-17)30-27(36)31-26(32)13-18-15-3-4-16(18)6-5-15/h7-12,14-16,18H,3-6,13H2,1-2H3,(H2,30,31,32,36). The first-order valence-electron chi connectivity index (χ1n) is 12.0. The van der Waals surface area contributed by atoms with Gasteiger partial charge < -0.3 is 24.8 Å². The summed E-state index contributed by atoms with van der Waals surface area (Å²) < 4.78 is 31.5. The molecule has 1 aromatic heterocycles. The SMILES string of the molecule is COc1cc2nccc(Oc3ccc(NC(=S)NC(=O)CC4C5CCC4CC5)c(F)c3)c2cc1OC. The molecule has 2 N–H and O–H groups in total. The van der Waals surface area contributed by atoms with Gasteiger partial charge >= 0.3 is 0 Å². The van der Waals surface area contributed by atoms with Crippen molar-refractivity contribution in [3.63, 3.8) is 0 Å². The zero-order valence-corrected chi connectivity index (χ0v) is 21.0. The number of pyridine rings is 1. The van der Waals surface area contributed by atoms with Crippen LogP contribution in [-0.4, -0.2) is 30.2 Å². The van der Waals surface area contributed by atoms with E-state index < -0.39 is 5.82 Å². The van der Waals surface area contributed by atoms with E-state index in [1.165, 1.54) is 37.8 Å². The van der Waals surface area contributed by atoms with Gasteiger partial charge in [-0.3, -0.25) is 9.78 Å². The van der Waals surface area contributed by atoms with Gasteiger partial charge in [0.1, 0.15) is 17.3 Å². The summed E-state index contributed by atoms with van der Waals surface area (Å²) in [7, 11) is 3.10. The molecule has 1 amide bonds. The van der Waals surface area contributed by atoms with E-state index in [9.17, 15) is 9.18 Å². The average molecular weight is 510 g/mol. The number of methoxy groups -OCH3 is 2. The second kappa shape index (κ2) is 10.3. The number of hydrogen-bond donors (Lipinski definition) is 2. The molecule has 7 nitrogen and oxygen atoms in total. The molecular formula is C27H28FN3O4S. The Hall–Kier alpha value is -3.46. The van der Waals surface area contributed by atoms with Crippen LogP contribution in [0.4, 0.5) is 10.1 Å². The lowest BCUT2D eigenvalue weighted by molar-refractivity contribution is -0.120. The molecule has 3 aromatic rings. The van der Waals surface area contributed by atoms with Crippen LogP contribution in [0.15, 0.2) is 42.6 Å². The van der Waals surface area contributed by atoms with Crippen molar-refractivity contribution in [1.29, 1.82) is 0 Å². The van der Waals surface area contributed by atoms with Crippen molar-refractivity contribution in [1.82, 2.24) is 10.3 Å². The number of thiocarbonyl (C=S) groups is 1. The number of ether oxygens (including phenoxy) is 3. The van der Waals surface area contributed by atoms with Crippen molar-refractivity contribution in [2.45, 2.75) is 32.1 Å². The summed E-state index contributed by atoms with van der Waals surface area (Å²) in [6.07, 6.45) is 6.98. The number of fused-ring (bicyclic) bond motifs is 3. The monoisotopic (exact) mass is 509 g/mol. The first-order chi connectivity index (χ1) is 17.4. The molecule has 2 fully saturated rings. The van der Waals surface area contributed by atoms with Gasteiger partial charge in [-0.25, -0.2) is 4.39 Å². The Morgan fingerprint density at radius 3 is 2.39 bits per heavy atom. The zero-order chi connectivity index (χ0) is 25.2. The van der Waals surface area contributed by atoms with E-state index in [0.717, 1.165) is 0 Å². The highest BCUT2D eigenvalue weighted by Crippen LogP contribution is 2.50. The minimum absolute atomic E-state index is 0.0825. The molecule has 36 heavy (non-hydrogen) atoms. The fraction of sp³-hybridized carbons (Fsp3) is 0.370. The fourth-order valence-electron chi connectivity index (χ4n) is 5.59. The average Bonchev–Trinajstić information content (AvgIpc) is 3.43. The molecule has 9 heteroatoms. The van der Waals surface area contributed by atoms with Crippen molar-refractivity contribution in [3.05, 3.63) is 48.4 Å². The fourth-order valence-corrected chi connectivity index (χ4v) is 5.81. The van der Waals surface area contributed by atoms with Crippen molar-refractivity contribution in [2.75, 3.05) is 19.5 Å². The lowest BCUT2D eigenvalue weighted by Gasteiger charge is -2.16. The molecule has 0 spiro atoms. The van der Waals surface area contributed by atoms with Gasteiger partial charge in [-0.1, -0.05) is 0 Å². The van der Waals surface area contributed by atoms with Gasteiger partial charge in [-0.15, -0.1) is 0 Å². The second-order valence-electron chi connectivity index (χ2n) is 9.32. The van der Waals surface area contributed by atoms with Crippen LogP contribution >= 0.6 is 12.2 Å². The van der Waals surface area contributed by atoms with Gasteiger partial charge in [0.15, 0.2) is 16.6 Å². The summed E-state index contributed by atoms with van der Waals surface area (Å²) >= 11 is 5.25. The van der Waals surface area contributed by atoms with Crippen LogP contribution < -0.4 is 24.8 Å². The number of hydrogen-bond acceptors (Lipinski definition) is 6. The molecule has 0 aliphatic heterocycles. The molecule has 2 aromatic carbocycles. The Morgan fingerprint density at radius 1 is 1.03 bits per heavy atom. The number of nitrogens with one attached hydrogen (secondary N) is 2. The first kappa shape index (κ1) is 24.2. The Labute approximate surface area is 214 Å². The van der Waals surface area contributed by atoms with E-state index in [4.69, 9.17) is 26.4 Å². The molecular weight excluding hydrogens is 481 g/mol. The third-order valence-electron chi connectivity index (χ3n) is 7.32. The topological polar surface area (TPSA) is 81.7 Å². The van der Waals surface area contributed by atoms with E-state index >= 15 is 0 Å². The lowest BCUT2D eigenvalue weighted by atomic mass is 9.94. The third kappa shape index (κ3) is 4.93. The van der Waals surface area contributed by atoms with Crippen LogP contribution in [0.3, 0.4) is 0 Å². The van der Waals surface area contributed by atoms with Crippen LogP contribution in [0.1, 0.15) is 32.1 Å². The molecule has 2 bridgehead atoms. The Kier molecular flexibility index (Phi) is 6.91. The number of amides is 1. The van der Waals surface area contributed by atoms with Crippen LogP contribution in [0, 0.1) is 23.6 Å². The van der Waals surface area contributed by atoms with Crippen LogP contribution in [0.2, 0.25) is 0 Å². The highest BCUT2D eigenvalue weighted by Gasteiger charge is 2.42. The van der Waals surface area contributed by atoms with Gasteiger partial charge in [0, 0.05) is 30.1 Å².